The van der Waals surface area contributed by atoms with Crippen LogP contribution in [0.4, 0.5) is 5.69 Å². The first kappa shape index (κ1) is 13.4. The number of nitrogens with one attached hydrogen (secondary N) is 1. The zero-order valence-corrected chi connectivity index (χ0v) is 10.6. The monoisotopic (exact) mass is 264 g/mol. The smallest absolute Gasteiger partial charge is 0.337 e. The molecular formula is C13H16N2O4. The van der Waals surface area contributed by atoms with E-state index < -0.39 is 12.0 Å². The van der Waals surface area contributed by atoms with Gasteiger partial charge in [0.1, 0.15) is 6.04 Å². The molecular weight excluding hydrogens is 248 g/mol. The molecule has 2 N–H and O–H groups in total. The van der Waals surface area contributed by atoms with E-state index in [1.165, 1.54) is 7.11 Å². The molecule has 1 fully saturated rings. The quantitative estimate of drug-likeness (QED) is 0.737. The minimum Gasteiger partial charge on any atom is -0.465 e. The van der Waals surface area contributed by atoms with Crippen LogP contribution < -0.4 is 10.2 Å². The molecule has 2 rings (SSSR count). The van der Waals surface area contributed by atoms with Crippen LogP contribution in [0.5, 0.6) is 0 Å². The highest BCUT2D eigenvalue weighted by molar-refractivity contribution is 5.91. The summed E-state index contributed by atoms with van der Waals surface area (Å²) < 4.78 is 4.67. The summed E-state index contributed by atoms with van der Waals surface area (Å²) in [5.41, 5.74) is 1.14. The summed E-state index contributed by atoms with van der Waals surface area (Å²) in [6, 6.07) is 6.21. The van der Waals surface area contributed by atoms with Crippen LogP contribution >= 0.6 is 0 Å². The van der Waals surface area contributed by atoms with Crippen molar-refractivity contribution in [1.29, 1.82) is 0 Å². The number of piperazine rings is 1. The molecule has 1 heterocycles. The topological polar surface area (TPSA) is 78.9 Å². The first-order valence-corrected chi connectivity index (χ1v) is 6.01. The van der Waals surface area contributed by atoms with Crippen LogP contribution in [0.2, 0.25) is 0 Å². The van der Waals surface area contributed by atoms with Gasteiger partial charge in [0.05, 0.1) is 19.3 Å². The molecule has 0 radical (unpaired) electrons. The molecule has 1 saturated heterocycles. The molecule has 0 saturated carbocycles. The van der Waals surface area contributed by atoms with Gasteiger partial charge in [-0.25, -0.2) is 4.79 Å². The number of nitrogens with zero attached hydrogens (tertiary/aromatic N) is 1. The number of amides is 1. The summed E-state index contributed by atoms with van der Waals surface area (Å²) in [4.78, 5) is 25.0. The van der Waals surface area contributed by atoms with Crippen molar-refractivity contribution in [2.24, 2.45) is 0 Å². The van der Waals surface area contributed by atoms with E-state index in [2.05, 4.69) is 10.1 Å². The van der Waals surface area contributed by atoms with Gasteiger partial charge in [-0.05, 0) is 18.2 Å². The minimum absolute atomic E-state index is 0.211. The molecule has 1 aliphatic heterocycles. The molecule has 6 nitrogen and oxygen atoms in total. The van der Waals surface area contributed by atoms with Gasteiger partial charge in [-0.3, -0.25) is 4.79 Å². The number of anilines is 1. The lowest BCUT2D eigenvalue weighted by Crippen LogP contribution is -2.57. The largest absolute Gasteiger partial charge is 0.465 e. The van der Waals surface area contributed by atoms with Crippen molar-refractivity contribution in [2.45, 2.75) is 6.04 Å². The van der Waals surface area contributed by atoms with Crippen molar-refractivity contribution in [3.8, 4) is 0 Å². The van der Waals surface area contributed by atoms with Gasteiger partial charge in [0.2, 0.25) is 5.91 Å². The fourth-order valence-electron chi connectivity index (χ4n) is 2.13. The molecule has 1 aliphatic rings. The molecule has 19 heavy (non-hydrogen) atoms. The molecule has 0 spiro atoms. The van der Waals surface area contributed by atoms with E-state index in [1.807, 2.05) is 0 Å². The lowest BCUT2D eigenvalue weighted by Gasteiger charge is -2.35. The van der Waals surface area contributed by atoms with E-state index in [9.17, 15) is 14.7 Å². The first-order chi connectivity index (χ1) is 9.17. The van der Waals surface area contributed by atoms with Gasteiger partial charge in [0, 0.05) is 18.8 Å². The fraction of sp³-hybridized carbons (Fsp3) is 0.385. The van der Waals surface area contributed by atoms with Crippen molar-refractivity contribution < 1.29 is 19.4 Å². The number of ether oxygens (including phenoxy) is 1. The van der Waals surface area contributed by atoms with Crippen LogP contribution in [0.1, 0.15) is 10.4 Å². The number of hydrogen-bond acceptors (Lipinski definition) is 5. The van der Waals surface area contributed by atoms with E-state index in [4.69, 9.17) is 0 Å². The Hall–Kier alpha value is -2.08. The van der Waals surface area contributed by atoms with Gasteiger partial charge in [0.25, 0.3) is 0 Å². The molecule has 1 unspecified atom stereocenters. The number of aliphatic hydroxyl groups is 1. The average Bonchev–Trinajstić information content (AvgIpc) is 2.46. The van der Waals surface area contributed by atoms with E-state index >= 15 is 0 Å². The third-order valence-corrected chi connectivity index (χ3v) is 3.10. The standard InChI is InChI=1S/C13H16N2O4/c1-19-13(18)9-3-2-4-10(7-9)15-6-5-14-12(17)11(15)8-16/h2-4,7,11,16H,5-6,8H2,1H3,(H,14,17). The Balaban J connectivity index is 2.29. The predicted molar refractivity (Wildman–Crippen MR) is 69.0 cm³/mol. The Morgan fingerprint density at radius 2 is 2.37 bits per heavy atom. The molecule has 0 aliphatic carbocycles. The second-order valence-corrected chi connectivity index (χ2v) is 4.22. The molecule has 6 heteroatoms. The van der Waals surface area contributed by atoms with Gasteiger partial charge in [0.15, 0.2) is 0 Å². The van der Waals surface area contributed by atoms with Crippen molar-refractivity contribution in [3.05, 3.63) is 29.8 Å². The SMILES string of the molecule is COC(=O)c1cccc(N2CCNC(=O)C2CO)c1. The number of benzene rings is 1. The Kier molecular flexibility index (Phi) is 4.01. The maximum Gasteiger partial charge on any atom is 0.337 e. The number of hydrogen-bond donors (Lipinski definition) is 2. The summed E-state index contributed by atoms with van der Waals surface area (Å²) in [6.45, 7) is 0.827. The number of carbonyl (C=O) groups excluding carboxylic acids is 2. The van der Waals surface area contributed by atoms with Gasteiger partial charge < -0.3 is 20.1 Å². The Morgan fingerprint density at radius 1 is 1.58 bits per heavy atom. The van der Waals surface area contributed by atoms with Crippen molar-refractivity contribution in [1.82, 2.24) is 5.32 Å². The average molecular weight is 264 g/mol. The Morgan fingerprint density at radius 3 is 3.05 bits per heavy atom. The van der Waals surface area contributed by atoms with Gasteiger partial charge in [-0.1, -0.05) is 6.07 Å². The van der Waals surface area contributed by atoms with Gasteiger partial charge in [-0.15, -0.1) is 0 Å². The molecule has 102 valence electrons. The van der Waals surface area contributed by atoms with Crippen LogP contribution in [0.3, 0.4) is 0 Å². The number of methoxy groups -OCH3 is 1. The van der Waals surface area contributed by atoms with E-state index in [1.54, 1.807) is 29.2 Å². The van der Waals surface area contributed by atoms with E-state index in [0.29, 0.717) is 18.7 Å². The lowest BCUT2D eigenvalue weighted by molar-refractivity contribution is -0.124. The second kappa shape index (κ2) is 5.71. The summed E-state index contributed by atoms with van der Waals surface area (Å²) in [7, 11) is 1.32. The summed E-state index contributed by atoms with van der Waals surface area (Å²) in [6.07, 6.45) is 0. The molecule has 1 atom stereocenters. The highest BCUT2D eigenvalue weighted by atomic mass is 16.5. The maximum atomic E-state index is 11.7. The zero-order valence-electron chi connectivity index (χ0n) is 10.6. The van der Waals surface area contributed by atoms with Gasteiger partial charge in [-0.2, -0.15) is 0 Å². The highest BCUT2D eigenvalue weighted by Gasteiger charge is 2.29. The lowest BCUT2D eigenvalue weighted by atomic mass is 10.1. The number of carbonyl (C=O) groups is 2. The minimum atomic E-state index is -0.623. The van der Waals surface area contributed by atoms with Gasteiger partial charge >= 0.3 is 5.97 Å². The second-order valence-electron chi connectivity index (χ2n) is 4.22. The summed E-state index contributed by atoms with van der Waals surface area (Å²) in [5.74, 6) is -0.638. The number of rotatable bonds is 3. The molecule has 0 bridgehead atoms. The van der Waals surface area contributed by atoms with Crippen LogP contribution in [-0.4, -0.2) is 49.8 Å². The molecule has 1 amide bonds. The third kappa shape index (κ3) is 2.68. The van der Waals surface area contributed by atoms with Crippen molar-refractivity contribution in [3.63, 3.8) is 0 Å². The third-order valence-electron chi connectivity index (χ3n) is 3.10. The number of esters is 1. The Labute approximate surface area is 111 Å². The normalized spacial score (nSPS) is 18.9. The predicted octanol–water partition coefficient (Wildman–Crippen LogP) is -0.230. The Bertz CT molecular complexity index is 489. The van der Waals surface area contributed by atoms with Crippen molar-refractivity contribution in [2.75, 3.05) is 31.7 Å². The van der Waals surface area contributed by atoms with Crippen molar-refractivity contribution >= 4 is 17.6 Å². The first-order valence-electron chi connectivity index (χ1n) is 6.01. The maximum absolute atomic E-state index is 11.7. The molecule has 1 aromatic carbocycles. The van der Waals surface area contributed by atoms with Crippen LogP contribution in [0.15, 0.2) is 24.3 Å². The van der Waals surface area contributed by atoms with Crippen LogP contribution in [0, 0.1) is 0 Å². The van der Waals surface area contributed by atoms with Crippen LogP contribution in [0.25, 0.3) is 0 Å². The highest BCUT2D eigenvalue weighted by Crippen LogP contribution is 2.20. The molecule has 1 aromatic rings. The van der Waals surface area contributed by atoms with Crippen LogP contribution in [-0.2, 0) is 9.53 Å². The summed E-state index contributed by atoms with van der Waals surface area (Å²) >= 11 is 0. The fourth-order valence-corrected chi connectivity index (χ4v) is 2.13. The summed E-state index contributed by atoms with van der Waals surface area (Å²) in [5, 5.41) is 12.0. The molecule has 0 aromatic heterocycles. The van der Waals surface area contributed by atoms with E-state index in [0.717, 1.165) is 5.69 Å². The zero-order chi connectivity index (χ0) is 13.8. The van der Waals surface area contributed by atoms with E-state index in [-0.39, 0.29) is 12.5 Å². The number of aliphatic hydroxyl groups excluding tert-OH is 1.